The number of carbonyl (C=O) groups is 2. The molecule has 2 aromatic rings. The van der Waals surface area contributed by atoms with Gasteiger partial charge in [0.2, 0.25) is 0 Å². The maximum absolute atomic E-state index is 13.5. The van der Waals surface area contributed by atoms with Gasteiger partial charge in [0.1, 0.15) is 5.75 Å². The van der Waals surface area contributed by atoms with Crippen molar-refractivity contribution in [2.45, 2.75) is 40.2 Å². The maximum Gasteiger partial charge on any atom is 0.414 e. The summed E-state index contributed by atoms with van der Waals surface area (Å²) in [4.78, 5) is 29.7. The Hall–Kier alpha value is -3.02. The minimum absolute atomic E-state index is 0.145. The van der Waals surface area contributed by atoms with E-state index in [1.54, 1.807) is 36.0 Å². The third-order valence-corrected chi connectivity index (χ3v) is 5.42. The summed E-state index contributed by atoms with van der Waals surface area (Å²) >= 11 is 0. The molecule has 1 aliphatic heterocycles. The van der Waals surface area contributed by atoms with Crippen LogP contribution in [-0.2, 0) is 4.74 Å². The van der Waals surface area contributed by atoms with Gasteiger partial charge in [-0.05, 0) is 62.6 Å². The molecule has 0 saturated heterocycles. The highest BCUT2D eigenvalue weighted by molar-refractivity contribution is 6.11. The lowest BCUT2D eigenvalue weighted by molar-refractivity contribution is 0.0978. The molecule has 1 heterocycles. The number of ether oxygens (including phenoxy) is 2. The topological polar surface area (TPSA) is 59.1 Å². The Bertz CT molecular complexity index is 925. The van der Waals surface area contributed by atoms with Crippen LogP contribution in [0.2, 0.25) is 0 Å². The van der Waals surface area contributed by atoms with E-state index in [0.717, 1.165) is 11.1 Å². The lowest BCUT2D eigenvalue weighted by atomic mass is 9.99. The van der Waals surface area contributed by atoms with Crippen LogP contribution in [-0.4, -0.2) is 38.3 Å². The van der Waals surface area contributed by atoms with Crippen LogP contribution in [0.4, 0.5) is 16.2 Å². The standard InChI is InChI=1S/C23H28N2O4/c1-6-17-14-24(22(26)18-10-8-9-11-21(18)28-5)19-12-15(3)16(4)13-20(19)25(17)23(27)29-7-2/h8-13,17H,6-7,14H2,1-5H3. The van der Waals surface area contributed by atoms with Crippen LogP contribution in [0.1, 0.15) is 41.8 Å². The first-order chi connectivity index (χ1) is 13.9. The van der Waals surface area contributed by atoms with Crippen LogP contribution in [0.5, 0.6) is 5.75 Å². The summed E-state index contributed by atoms with van der Waals surface area (Å²) in [6, 6.07) is 11.0. The van der Waals surface area contributed by atoms with Gasteiger partial charge in [0.05, 0.1) is 36.7 Å². The van der Waals surface area contributed by atoms with Crippen molar-refractivity contribution in [2.75, 3.05) is 30.1 Å². The predicted molar refractivity (Wildman–Crippen MR) is 114 cm³/mol. The molecule has 0 bridgehead atoms. The molecular formula is C23H28N2O4. The van der Waals surface area contributed by atoms with Gasteiger partial charge in [-0.3, -0.25) is 9.69 Å². The van der Waals surface area contributed by atoms with E-state index >= 15 is 0 Å². The van der Waals surface area contributed by atoms with Crippen molar-refractivity contribution in [2.24, 2.45) is 0 Å². The van der Waals surface area contributed by atoms with Crippen molar-refractivity contribution in [3.63, 3.8) is 0 Å². The van der Waals surface area contributed by atoms with Crippen molar-refractivity contribution < 1.29 is 19.1 Å². The zero-order chi connectivity index (χ0) is 21.1. The predicted octanol–water partition coefficient (Wildman–Crippen LogP) is 4.71. The number of hydrogen-bond acceptors (Lipinski definition) is 4. The fourth-order valence-corrected chi connectivity index (χ4v) is 3.69. The van der Waals surface area contributed by atoms with E-state index in [1.807, 2.05) is 45.0 Å². The van der Waals surface area contributed by atoms with E-state index in [2.05, 4.69) is 0 Å². The Balaban J connectivity index is 2.14. The van der Waals surface area contributed by atoms with Crippen LogP contribution in [0, 0.1) is 13.8 Å². The monoisotopic (exact) mass is 396 g/mol. The summed E-state index contributed by atoms with van der Waals surface area (Å²) in [5, 5.41) is 0. The number of nitrogens with zero attached hydrogens (tertiary/aromatic N) is 2. The second-order valence-corrected chi connectivity index (χ2v) is 7.17. The number of anilines is 2. The van der Waals surface area contributed by atoms with Gasteiger partial charge in [-0.15, -0.1) is 0 Å². The number of fused-ring (bicyclic) bond motifs is 1. The Morgan fingerprint density at radius 2 is 1.72 bits per heavy atom. The molecule has 0 aromatic heterocycles. The van der Waals surface area contributed by atoms with E-state index in [9.17, 15) is 9.59 Å². The fourth-order valence-electron chi connectivity index (χ4n) is 3.69. The molecule has 3 rings (SSSR count). The molecule has 6 heteroatoms. The van der Waals surface area contributed by atoms with Crippen molar-refractivity contribution in [3.05, 3.63) is 53.1 Å². The first-order valence-electron chi connectivity index (χ1n) is 9.95. The van der Waals surface area contributed by atoms with Crippen molar-refractivity contribution in [3.8, 4) is 5.75 Å². The van der Waals surface area contributed by atoms with Gasteiger partial charge >= 0.3 is 6.09 Å². The third-order valence-electron chi connectivity index (χ3n) is 5.42. The summed E-state index contributed by atoms with van der Waals surface area (Å²) in [6.07, 6.45) is 0.314. The van der Waals surface area contributed by atoms with Crippen molar-refractivity contribution >= 4 is 23.4 Å². The van der Waals surface area contributed by atoms with E-state index in [-0.39, 0.29) is 18.0 Å². The number of rotatable bonds is 4. The van der Waals surface area contributed by atoms with Gasteiger partial charge < -0.3 is 14.4 Å². The van der Waals surface area contributed by atoms with Gasteiger partial charge in [0.15, 0.2) is 0 Å². The quantitative estimate of drug-likeness (QED) is 0.751. The smallest absolute Gasteiger partial charge is 0.414 e. The van der Waals surface area contributed by atoms with E-state index < -0.39 is 0 Å². The van der Waals surface area contributed by atoms with E-state index in [0.29, 0.717) is 42.3 Å². The molecule has 154 valence electrons. The summed E-state index contributed by atoms with van der Waals surface area (Å²) < 4.78 is 10.7. The molecule has 1 aliphatic rings. The molecule has 0 saturated carbocycles. The number of carbonyl (C=O) groups excluding carboxylic acids is 2. The molecule has 6 nitrogen and oxygen atoms in total. The lowest BCUT2D eigenvalue weighted by Crippen LogP contribution is -2.53. The molecule has 29 heavy (non-hydrogen) atoms. The molecule has 0 N–H and O–H groups in total. The molecule has 0 fully saturated rings. The number of para-hydroxylation sites is 1. The zero-order valence-corrected chi connectivity index (χ0v) is 17.7. The van der Waals surface area contributed by atoms with Gasteiger partial charge in [0, 0.05) is 6.54 Å². The lowest BCUT2D eigenvalue weighted by Gasteiger charge is -2.42. The van der Waals surface area contributed by atoms with Gasteiger partial charge in [-0.25, -0.2) is 4.79 Å². The second-order valence-electron chi connectivity index (χ2n) is 7.17. The number of amides is 2. The maximum atomic E-state index is 13.5. The number of aryl methyl sites for hydroxylation is 2. The Kier molecular flexibility index (Phi) is 6.11. The van der Waals surface area contributed by atoms with Crippen LogP contribution in [0.3, 0.4) is 0 Å². The minimum atomic E-state index is -0.381. The molecule has 0 aliphatic carbocycles. The van der Waals surface area contributed by atoms with Gasteiger partial charge in [-0.1, -0.05) is 19.1 Å². The van der Waals surface area contributed by atoms with Crippen LogP contribution in [0.15, 0.2) is 36.4 Å². The Morgan fingerprint density at radius 1 is 1.07 bits per heavy atom. The summed E-state index contributed by atoms with van der Waals surface area (Å²) in [7, 11) is 1.56. The third kappa shape index (κ3) is 3.79. The molecule has 2 aromatic carbocycles. The Morgan fingerprint density at radius 3 is 2.34 bits per heavy atom. The van der Waals surface area contributed by atoms with E-state index in [4.69, 9.17) is 9.47 Å². The van der Waals surface area contributed by atoms with Crippen molar-refractivity contribution in [1.29, 1.82) is 0 Å². The normalized spacial score (nSPS) is 15.7. The van der Waals surface area contributed by atoms with Gasteiger partial charge in [0.25, 0.3) is 5.91 Å². The summed E-state index contributed by atoms with van der Waals surface area (Å²) in [5.74, 6) is 0.387. The molecule has 0 spiro atoms. The molecule has 0 radical (unpaired) electrons. The van der Waals surface area contributed by atoms with Crippen molar-refractivity contribution in [1.82, 2.24) is 0 Å². The largest absolute Gasteiger partial charge is 0.496 e. The van der Waals surface area contributed by atoms with Crippen LogP contribution < -0.4 is 14.5 Å². The molecule has 2 amide bonds. The summed E-state index contributed by atoms with van der Waals surface area (Å²) in [5.41, 5.74) is 4.02. The molecular weight excluding hydrogens is 368 g/mol. The van der Waals surface area contributed by atoms with E-state index in [1.165, 1.54) is 0 Å². The number of methoxy groups -OCH3 is 1. The highest BCUT2D eigenvalue weighted by atomic mass is 16.6. The first-order valence-corrected chi connectivity index (χ1v) is 9.95. The average Bonchev–Trinajstić information content (AvgIpc) is 2.73. The number of hydrogen-bond donors (Lipinski definition) is 0. The summed E-state index contributed by atoms with van der Waals surface area (Å²) in [6.45, 7) is 8.50. The fraction of sp³-hybridized carbons (Fsp3) is 0.391. The Labute approximate surface area is 172 Å². The highest BCUT2D eigenvalue weighted by Gasteiger charge is 2.38. The second kappa shape index (κ2) is 8.55. The van der Waals surface area contributed by atoms with Crippen LogP contribution in [0.25, 0.3) is 0 Å². The molecule has 1 atom stereocenters. The van der Waals surface area contributed by atoms with Gasteiger partial charge in [-0.2, -0.15) is 0 Å². The zero-order valence-electron chi connectivity index (χ0n) is 17.7. The SMILES string of the molecule is CCOC(=O)N1c2cc(C)c(C)cc2N(C(=O)c2ccccc2OC)CC1CC. The van der Waals surface area contributed by atoms with Crippen LogP contribution >= 0.6 is 0 Å². The molecule has 1 unspecified atom stereocenters. The average molecular weight is 396 g/mol. The first kappa shape index (κ1) is 20.7. The highest BCUT2D eigenvalue weighted by Crippen LogP contribution is 2.40. The minimum Gasteiger partial charge on any atom is -0.496 e. The number of benzene rings is 2.